The minimum Gasteiger partial charge on any atom is -0.333 e. The lowest BCUT2D eigenvalue weighted by atomic mass is 9.75. The van der Waals surface area contributed by atoms with Crippen molar-refractivity contribution in [3.63, 3.8) is 0 Å². The number of rotatable bonds is 3. The quantitative estimate of drug-likeness (QED) is 0.826. The molecule has 28 heavy (non-hydrogen) atoms. The summed E-state index contributed by atoms with van der Waals surface area (Å²) in [5, 5.41) is 0. The van der Waals surface area contributed by atoms with Crippen LogP contribution in [0.1, 0.15) is 53.0 Å². The van der Waals surface area contributed by atoms with Crippen LogP contribution >= 0.6 is 0 Å². The molecule has 0 spiro atoms. The number of fused-ring (bicyclic) bond motifs is 2. The number of aromatic nitrogens is 2. The van der Waals surface area contributed by atoms with Gasteiger partial charge in [-0.1, -0.05) is 36.8 Å². The van der Waals surface area contributed by atoms with Crippen LogP contribution in [0.5, 0.6) is 0 Å². The van der Waals surface area contributed by atoms with Gasteiger partial charge in [-0.25, -0.2) is 9.97 Å². The molecule has 5 nitrogen and oxygen atoms in total. The van der Waals surface area contributed by atoms with Crippen LogP contribution in [0.4, 0.5) is 0 Å². The maximum atomic E-state index is 13.4. The van der Waals surface area contributed by atoms with Crippen LogP contribution in [-0.4, -0.2) is 57.4 Å². The summed E-state index contributed by atoms with van der Waals surface area (Å²) < 4.78 is 0. The summed E-state index contributed by atoms with van der Waals surface area (Å²) in [6, 6.07) is 9.66. The Morgan fingerprint density at radius 2 is 1.75 bits per heavy atom. The molecule has 5 heteroatoms. The first-order valence-electron chi connectivity index (χ1n) is 10.6. The van der Waals surface area contributed by atoms with Gasteiger partial charge in [0, 0.05) is 37.3 Å². The van der Waals surface area contributed by atoms with Crippen molar-refractivity contribution in [2.75, 3.05) is 19.6 Å². The molecule has 4 saturated heterocycles. The number of carbonyl (C=O) groups excluding carboxylic acids is 1. The van der Waals surface area contributed by atoms with E-state index in [1.165, 1.54) is 37.1 Å². The second kappa shape index (κ2) is 6.96. The Bertz CT molecular complexity index is 855. The molecule has 1 aromatic heterocycles. The third-order valence-corrected chi connectivity index (χ3v) is 7.03. The van der Waals surface area contributed by atoms with E-state index in [2.05, 4.69) is 51.0 Å². The van der Waals surface area contributed by atoms with E-state index in [1.54, 1.807) is 12.4 Å². The van der Waals surface area contributed by atoms with E-state index in [0.717, 1.165) is 18.8 Å². The monoisotopic (exact) mass is 376 g/mol. The van der Waals surface area contributed by atoms with Crippen LogP contribution in [-0.2, 0) is 6.42 Å². The molecule has 2 bridgehead atoms. The summed E-state index contributed by atoms with van der Waals surface area (Å²) in [6.07, 6.45) is 6.62. The molecule has 2 aromatic rings. The SMILES string of the molecule is CCc1ncc(C(=O)N2C[C@@H](c3ccc(C)cc3)[C@H]3[C@@H]2C2CCN3CC2)cn1. The first-order chi connectivity index (χ1) is 13.7. The highest BCUT2D eigenvalue weighted by Crippen LogP contribution is 2.46. The second-order valence-corrected chi connectivity index (χ2v) is 8.57. The summed E-state index contributed by atoms with van der Waals surface area (Å²) >= 11 is 0. The highest BCUT2D eigenvalue weighted by atomic mass is 16.2. The standard InChI is InChI=1S/C23H28N4O/c1-3-20-24-12-18(13-25-20)23(28)27-14-19(16-6-4-15(2)5-7-16)22-21(27)17-8-10-26(22)11-9-17/h4-7,12-13,17,19,21-22H,3,8-11,14H2,1-2H3/t19-,21-,22-/m0/s1. The molecule has 1 aromatic carbocycles. The number of likely N-dealkylation sites (tertiary alicyclic amines) is 1. The van der Waals surface area contributed by atoms with Crippen molar-refractivity contribution < 1.29 is 4.79 Å². The zero-order valence-electron chi connectivity index (χ0n) is 16.7. The zero-order chi connectivity index (χ0) is 19.3. The fourth-order valence-electron chi connectivity index (χ4n) is 5.58. The van der Waals surface area contributed by atoms with Gasteiger partial charge in [0.1, 0.15) is 5.82 Å². The van der Waals surface area contributed by atoms with E-state index >= 15 is 0 Å². The fourth-order valence-corrected chi connectivity index (χ4v) is 5.58. The van der Waals surface area contributed by atoms with Gasteiger partial charge in [-0.3, -0.25) is 9.69 Å². The summed E-state index contributed by atoms with van der Waals surface area (Å²) in [5.74, 6) is 1.89. The van der Waals surface area contributed by atoms with Gasteiger partial charge in [0.2, 0.25) is 0 Å². The van der Waals surface area contributed by atoms with Crippen molar-refractivity contribution in [2.24, 2.45) is 5.92 Å². The lowest BCUT2D eigenvalue weighted by molar-refractivity contribution is -0.00343. The molecule has 5 heterocycles. The number of aryl methyl sites for hydroxylation is 2. The first-order valence-corrected chi connectivity index (χ1v) is 10.6. The molecule has 0 saturated carbocycles. The molecular weight excluding hydrogens is 348 g/mol. The predicted octanol–water partition coefficient (Wildman–Crippen LogP) is 3.05. The Morgan fingerprint density at radius 3 is 2.39 bits per heavy atom. The minimum absolute atomic E-state index is 0.0982. The van der Waals surface area contributed by atoms with Crippen LogP contribution in [0, 0.1) is 12.8 Å². The van der Waals surface area contributed by atoms with Crippen molar-refractivity contribution >= 4 is 5.91 Å². The van der Waals surface area contributed by atoms with Crippen LogP contribution in [0.2, 0.25) is 0 Å². The van der Waals surface area contributed by atoms with Crippen LogP contribution < -0.4 is 0 Å². The maximum Gasteiger partial charge on any atom is 0.257 e. The maximum absolute atomic E-state index is 13.4. The normalized spacial score (nSPS) is 31.1. The van der Waals surface area contributed by atoms with Gasteiger partial charge in [0.15, 0.2) is 0 Å². The topological polar surface area (TPSA) is 49.3 Å². The van der Waals surface area contributed by atoms with Crippen molar-refractivity contribution in [3.05, 3.63) is 59.2 Å². The average Bonchev–Trinajstić information content (AvgIpc) is 3.17. The first kappa shape index (κ1) is 17.8. The minimum atomic E-state index is 0.0982. The number of carbonyl (C=O) groups is 1. The fraction of sp³-hybridized carbons (Fsp3) is 0.522. The number of piperidine rings is 3. The van der Waals surface area contributed by atoms with E-state index in [9.17, 15) is 4.79 Å². The Morgan fingerprint density at radius 1 is 1.07 bits per heavy atom. The number of amides is 1. The molecule has 0 radical (unpaired) electrons. The van der Waals surface area contributed by atoms with E-state index in [4.69, 9.17) is 0 Å². The molecule has 0 unspecified atom stereocenters. The molecule has 146 valence electrons. The van der Waals surface area contributed by atoms with Gasteiger partial charge in [-0.15, -0.1) is 0 Å². The molecule has 0 N–H and O–H groups in total. The summed E-state index contributed by atoms with van der Waals surface area (Å²) in [7, 11) is 0. The van der Waals surface area contributed by atoms with Crippen LogP contribution in [0.15, 0.2) is 36.7 Å². The van der Waals surface area contributed by atoms with Crippen molar-refractivity contribution in [3.8, 4) is 0 Å². The van der Waals surface area contributed by atoms with Gasteiger partial charge in [0.25, 0.3) is 5.91 Å². The zero-order valence-corrected chi connectivity index (χ0v) is 16.7. The average molecular weight is 377 g/mol. The van der Waals surface area contributed by atoms with Gasteiger partial charge >= 0.3 is 0 Å². The van der Waals surface area contributed by atoms with E-state index < -0.39 is 0 Å². The Balaban J connectivity index is 1.49. The van der Waals surface area contributed by atoms with E-state index in [0.29, 0.717) is 29.5 Å². The third-order valence-electron chi connectivity index (χ3n) is 7.03. The number of hydrogen-bond donors (Lipinski definition) is 0. The molecule has 6 rings (SSSR count). The molecular formula is C23H28N4O. The Kier molecular flexibility index (Phi) is 4.43. The largest absolute Gasteiger partial charge is 0.333 e. The molecule has 1 amide bonds. The van der Waals surface area contributed by atoms with Gasteiger partial charge < -0.3 is 4.90 Å². The summed E-state index contributed by atoms with van der Waals surface area (Å²) in [6.45, 7) is 7.29. The summed E-state index contributed by atoms with van der Waals surface area (Å²) in [4.78, 5) is 26.9. The molecule has 3 atom stereocenters. The number of benzene rings is 1. The van der Waals surface area contributed by atoms with E-state index in [1.807, 2.05) is 6.92 Å². The molecule has 4 aliphatic rings. The lowest BCUT2D eigenvalue weighted by Crippen LogP contribution is -2.60. The van der Waals surface area contributed by atoms with Crippen LogP contribution in [0.25, 0.3) is 0 Å². The highest BCUT2D eigenvalue weighted by molar-refractivity contribution is 5.94. The van der Waals surface area contributed by atoms with Gasteiger partial charge in [-0.05, 0) is 44.3 Å². The third kappa shape index (κ3) is 2.84. The van der Waals surface area contributed by atoms with Crippen molar-refractivity contribution in [2.45, 2.75) is 51.1 Å². The lowest BCUT2D eigenvalue weighted by Gasteiger charge is -2.51. The molecule has 0 aliphatic carbocycles. The Hall–Kier alpha value is -2.27. The number of hydrogen-bond acceptors (Lipinski definition) is 4. The Labute approximate surface area is 166 Å². The van der Waals surface area contributed by atoms with Gasteiger partial charge in [0.05, 0.1) is 11.6 Å². The summed E-state index contributed by atoms with van der Waals surface area (Å²) in [5.41, 5.74) is 3.27. The van der Waals surface area contributed by atoms with E-state index in [-0.39, 0.29) is 5.91 Å². The van der Waals surface area contributed by atoms with Crippen molar-refractivity contribution in [1.29, 1.82) is 0 Å². The number of nitrogens with zero attached hydrogens (tertiary/aromatic N) is 4. The molecule has 4 fully saturated rings. The second-order valence-electron chi connectivity index (χ2n) is 8.57. The molecule has 4 aliphatic heterocycles. The van der Waals surface area contributed by atoms with Crippen molar-refractivity contribution in [1.82, 2.24) is 19.8 Å². The van der Waals surface area contributed by atoms with Crippen LogP contribution in [0.3, 0.4) is 0 Å². The predicted molar refractivity (Wildman–Crippen MR) is 108 cm³/mol. The smallest absolute Gasteiger partial charge is 0.257 e. The highest BCUT2D eigenvalue weighted by Gasteiger charge is 2.54. The van der Waals surface area contributed by atoms with Gasteiger partial charge in [-0.2, -0.15) is 0 Å².